The second kappa shape index (κ2) is 4.37. The number of aryl methyl sites for hydroxylation is 1. The summed E-state index contributed by atoms with van der Waals surface area (Å²) < 4.78 is 31.9. The lowest BCUT2D eigenvalue weighted by atomic mass is 10.0. The summed E-state index contributed by atoms with van der Waals surface area (Å²) in [4.78, 5) is -0.402. The third-order valence-electron chi connectivity index (χ3n) is 2.39. The maximum Gasteiger partial charge on any atom is 0.128 e. The van der Waals surface area contributed by atoms with Gasteiger partial charge in [-0.2, -0.15) is 0 Å². The highest BCUT2D eigenvalue weighted by molar-refractivity contribution is 9.09. The van der Waals surface area contributed by atoms with E-state index >= 15 is 0 Å². The first kappa shape index (κ1) is 11.3. The molecule has 1 aromatic heterocycles. The van der Waals surface area contributed by atoms with Crippen LogP contribution in [0, 0.1) is 18.6 Å². The smallest absolute Gasteiger partial charge is 0.128 e. The van der Waals surface area contributed by atoms with Crippen molar-refractivity contribution in [2.24, 2.45) is 0 Å². The van der Waals surface area contributed by atoms with Crippen LogP contribution in [0.4, 0.5) is 8.78 Å². The van der Waals surface area contributed by atoms with E-state index in [4.69, 9.17) is 4.42 Å². The van der Waals surface area contributed by atoms with Gasteiger partial charge in [-0.3, -0.25) is 0 Å². The number of benzene rings is 1. The summed E-state index contributed by atoms with van der Waals surface area (Å²) in [5, 5.41) is 0. The summed E-state index contributed by atoms with van der Waals surface area (Å²) in [6.07, 6.45) is 2.99. The number of hydrogen-bond donors (Lipinski definition) is 0. The van der Waals surface area contributed by atoms with Crippen molar-refractivity contribution >= 4 is 15.9 Å². The lowest BCUT2D eigenvalue weighted by Gasteiger charge is -2.10. The quantitative estimate of drug-likeness (QED) is 0.748. The van der Waals surface area contributed by atoms with Crippen LogP contribution in [0.3, 0.4) is 0 Å². The van der Waals surface area contributed by atoms with Gasteiger partial charge in [0.1, 0.15) is 11.6 Å². The van der Waals surface area contributed by atoms with E-state index in [1.807, 2.05) is 0 Å². The van der Waals surface area contributed by atoms with Gasteiger partial charge in [0, 0.05) is 11.1 Å². The molecule has 0 saturated carbocycles. The van der Waals surface area contributed by atoms with Crippen molar-refractivity contribution in [3.63, 3.8) is 0 Å². The molecule has 84 valence electrons. The summed E-state index contributed by atoms with van der Waals surface area (Å²) in [6.45, 7) is 1.53. The van der Waals surface area contributed by atoms with Crippen LogP contribution in [-0.4, -0.2) is 0 Å². The summed E-state index contributed by atoms with van der Waals surface area (Å²) in [5.41, 5.74) is 1.32. The van der Waals surface area contributed by atoms with Crippen molar-refractivity contribution in [1.82, 2.24) is 0 Å². The van der Waals surface area contributed by atoms with Gasteiger partial charge in [0.05, 0.1) is 17.4 Å². The molecule has 2 aromatic rings. The van der Waals surface area contributed by atoms with Gasteiger partial charge in [-0.15, -0.1) is 0 Å². The van der Waals surface area contributed by atoms with E-state index in [0.29, 0.717) is 5.56 Å². The average molecular weight is 287 g/mol. The van der Waals surface area contributed by atoms with Crippen molar-refractivity contribution < 1.29 is 13.2 Å². The molecule has 2 rings (SSSR count). The second-order valence-electron chi connectivity index (χ2n) is 3.54. The Morgan fingerprint density at radius 1 is 1.25 bits per heavy atom. The van der Waals surface area contributed by atoms with Gasteiger partial charge in [0.15, 0.2) is 0 Å². The fraction of sp³-hybridized carbons (Fsp3) is 0.167. The summed E-state index contributed by atoms with van der Waals surface area (Å²) >= 11 is 3.32. The average Bonchev–Trinajstić information content (AvgIpc) is 2.75. The monoisotopic (exact) mass is 286 g/mol. The molecule has 1 aromatic carbocycles. The van der Waals surface area contributed by atoms with Crippen molar-refractivity contribution in [1.29, 1.82) is 0 Å². The minimum atomic E-state index is -0.429. The van der Waals surface area contributed by atoms with Crippen LogP contribution in [0.25, 0.3) is 0 Å². The molecule has 0 bridgehead atoms. The van der Waals surface area contributed by atoms with E-state index in [1.54, 1.807) is 6.07 Å². The molecule has 0 aliphatic heterocycles. The van der Waals surface area contributed by atoms with Gasteiger partial charge in [-0.1, -0.05) is 15.9 Å². The Kier molecular flexibility index (Phi) is 3.10. The van der Waals surface area contributed by atoms with Crippen molar-refractivity contribution in [3.8, 4) is 0 Å². The molecule has 0 saturated heterocycles. The molecule has 0 amide bonds. The zero-order valence-electron chi connectivity index (χ0n) is 8.51. The molecule has 1 heterocycles. The third-order valence-corrected chi connectivity index (χ3v) is 3.41. The molecule has 4 heteroatoms. The normalized spacial score (nSPS) is 12.8. The zero-order chi connectivity index (χ0) is 11.7. The summed E-state index contributed by atoms with van der Waals surface area (Å²) in [6, 6.07) is 4.10. The van der Waals surface area contributed by atoms with Crippen LogP contribution in [0.5, 0.6) is 0 Å². The Morgan fingerprint density at radius 2 is 2.00 bits per heavy atom. The van der Waals surface area contributed by atoms with E-state index in [-0.39, 0.29) is 5.56 Å². The van der Waals surface area contributed by atoms with E-state index < -0.39 is 16.5 Å². The van der Waals surface area contributed by atoms with Crippen molar-refractivity contribution in [2.75, 3.05) is 0 Å². The molecule has 0 aliphatic carbocycles. The lowest BCUT2D eigenvalue weighted by Crippen LogP contribution is -1.98. The highest BCUT2D eigenvalue weighted by Crippen LogP contribution is 2.33. The Morgan fingerprint density at radius 3 is 2.62 bits per heavy atom. The van der Waals surface area contributed by atoms with Gasteiger partial charge in [-0.25, -0.2) is 8.78 Å². The Labute approximate surface area is 100 Å². The molecule has 1 atom stereocenters. The number of halogens is 3. The fourth-order valence-corrected chi connectivity index (χ4v) is 2.07. The standard InChI is InChI=1S/C12H9BrF2O/c1-7-4-11(15)9(5-10(7)14)12(13)8-2-3-16-6-8/h2-6,12H,1H3. The Balaban J connectivity index is 2.44. The van der Waals surface area contributed by atoms with Crippen LogP contribution in [0.15, 0.2) is 35.1 Å². The number of alkyl halides is 1. The summed E-state index contributed by atoms with van der Waals surface area (Å²) in [7, 11) is 0. The van der Waals surface area contributed by atoms with Crippen LogP contribution < -0.4 is 0 Å². The topological polar surface area (TPSA) is 13.1 Å². The van der Waals surface area contributed by atoms with Gasteiger partial charge in [0.2, 0.25) is 0 Å². The Hall–Kier alpha value is -1.16. The number of rotatable bonds is 2. The lowest BCUT2D eigenvalue weighted by molar-refractivity contribution is 0.562. The van der Waals surface area contributed by atoms with Crippen LogP contribution in [-0.2, 0) is 0 Å². The molecule has 0 N–H and O–H groups in total. The molecular formula is C12H9BrF2O. The van der Waals surface area contributed by atoms with Gasteiger partial charge in [-0.05, 0) is 30.7 Å². The van der Waals surface area contributed by atoms with E-state index in [2.05, 4.69) is 15.9 Å². The van der Waals surface area contributed by atoms with Gasteiger partial charge in [0.25, 0.3) is 0 Å². The predicted molar refractivity (Wildman–Crippen MR) is 60.6 cm³/mol. The highest BCUT2D eigenvalue weighted by atomic mass is 79.9. The van der Waals surface area contributed by atoms with Gasteiger partial charge < -0.3 is 4.42 Å². The first-order chi connectivity index (χ1) is 7.59. The largest absolute Gasteiger partial charge is 0.472 e. The number of furan rings is 1. The molecule has 0 spiro atoms. The maximum atomic E-state index is 13.6. The van der Waals surface area contributed by atoms with E-state index in [1.165, 1.54) is 31.6 Å². The molecule has 1 unspecified atom stereocenters. The SMILES string of the molecule is Cc1cc(F)c(C(Br)c2ccoc2)cc1F. The number of hydrogen-bond acceptors (Lipinski definition) is 1. The molecular weight excluding hydrogens is 278 g/mol. The molecule has 0 radical (unpaired) electrons. The highest BCUT2D eigenvalue weighted by Gasteiger charge is 2.17. The van der Waals surface area contributed by atoms with E-state index in [0.717, 1.165) is 5.56 Å². The molecule has 0 aliphatic rings. The predicted octanol–water partition coefficient (Wildman–Crippen LogP) is 4.35. The van der Waals surface area contributed by atoms with Crippen molar-refractivity contribution in [3.05, 3.63) is 59.1 Å². The first-order valence-electron chi connectivity index (χ1n) is 4.71. The van der Waals surface area contributed by atoms with E-state index in [9.17, 15) is 8.78 Å². The van der Waals surface area contributed by atoms with Crippen LogP contribution in [0.2, 0.25) is 0 Å². The van der Waals surface area contributed by atoms with Crippen LogP contribution in [0.1, 0.15) is 21.5 Å². The van der Waals surface area contributed by atoms with Crippen molar-refractivity contribution in [2.45, 2.75) is 11.8 Å². The maximum absolute atomic E-state index is 13.6. The van der Waals surface area contributed by atoms with Crippen LogP contribution >= 0.6 is 15.9 Å². The summed E-state index contributed by atoms with van der Waals surface area (Å²) in [5.74, 6) is -0.841. The second-order valence-corrected chi connectivity index (χ2v) is 4.46. The molecule has 0 fully saturated rings. The molecule has 1 nitrogen and oxygen atoms in total. The molecule has 16 heavy (non-hydrogen) atoms. The third kappa shape index (κ3) is 2.02. The zero-order valence-corrected chi connectivity index (χ0v) is 10.1. The van der Waals surface area contributed by atoms with Gasteiger partial charge >= 0.3 is 0 Å². The minimum Gasteiger partial charge on any atom is -0.472 e. The minimum absolute atomic E-state index is 0.268. The first-order valence-corrected chi connectivity index (χ1v) is 5.63. The Bertz CT molecular complexity index is 494. The fourth-order valence-electron chi connectivity index (χ4n) is 1.45.